The molecule has 0 saturated carbocycles. The lowest BCUT2D eigenvalue weighted by Gasteiger charge is -2.11. The van der Waals surface area contributed by atoms with Gasteiger partial charge in [0.15, 0.2) is 6.29 Å². The molecular weight excluding hydrogens is 176 g/mol. The molecule has 2 fully saturated rings. The molecule has 2 aliphatic rings. The summed E-state index contributed by atoms with van der Waals surface area (Å²) >= 11 is 0. The van der Waals surface area contributed by atoms with Crippen LogP contribution in [0.3, 0.4) is 0 Å². The summed E-state index contributed by atoms with van der Waals surface area (Å²) in [6, 6.07) is 0. The minimum Gasteiger partial charge on any atom is -0.353 e. The monoisotopic (exact) mass is 190 g/mol. The first kappa shape index (κ1) is 9.36. The molecule has 0 aromatic carbocycles. The third kappa shape index (κ3) is 2.89. The van der Waals surface area contributed by atoms with Gasteiger partial charge in [-0.1, -0.05) is 0 Å². The van der Waals surface area contributed by atoms with E-state index in [2.05, 4.69) is 0 Å². The fraction of sp³-hybridized carbons (Fsp3) is 1.00. The maximum absolute atomic E-state index is 5.38. The second-order valence-corrected chi connectivity index (χ2v) is 3.02. The first-order chi connectivity index (χ1) is 6.45. The molecular formula is C8H14O5. The molecule has 5 nitrogen and oxygen atoms in total. The predicted molar refractivity (Wildman–Crippen MR) is 42.0 cm³/mol. The number of hydrogen-bond acceptors (Lipinski definition) is 5. The smallest absolute Gasteiger partial charge is 0.183 e. The van der Waals surface area contributed by atoms with E-state index in [0.29, 0.717) is 33.4 Å². The summed E-state index contributed by atoms with van der Waals surface area (Å²) in [5, 5.41) is 0. The van der Waals surface area contributed by atoms with Crippen molar-refractivity contribution in [3.05, 3.63) is 0 Å². The molecule has 0 aromatic heterocycles. The highest BCUT2D eigenvalue weighted by atomic mass is 16.8. The average molecular weight is 190 g/mol. The molecule has 2 heterocycles. The van der Waals surface area contributed by atoms with Crippen LogP contribution in [0.2, 0.25) is 0 Å². The van der Waals surface area contributed by atoms with Crippen molar-refractivity contribution < 1.29 is 23.7 Å². The van der Waals surface area contributed by atoms with Gasteiger partial charge in [0.25, 0.3) is 0 Å². The molecule has 76 valence electrons. The van der Waals surface area contributed by atoms with Gasteiger partial charge in [-0.05, 0) is 6.42 Å². The zero-order chi connectivity index (χ0) is 8.93. The molecule has 5 heteroatoms. The Labute approximate surface area is 76.8 Å². The Balaban J connectivity index is 1.52. The van der Waals surface area contributed by atoms with Gasteiger partial charge in [-0.15, -0.1) is 0 Å². The third-order valence-electron chi connectivity index (χ3n) is 2.03. The van der Waals surface area contributed by atoms with Crippen molar-refractivity contribution in [3.8, 4) is 0 Å². The molecule has 0 aliphatic carbocycles. The van der Waals surface area contributed by atoms with Crippen LogP contribution in [0, 0.1) is 0 Å². The van der Waals surface area contributed by atoms with Crippen LogP contribution >= 0.6 is 0 Å². The highest BCUT2D eigenvalue weighted by molar-refractivity contribution is 4.59. The summed E-state index contributed by atoms with van der Waals surface area (Å²) in [5.41, 5.74) is 0. The molecule has 0 amide bonds. The van der Waals surface area contributed by atoms with Crippen molar-refractivity contribution in [1.82, 2.24) is 0 Å². The summed E-state index contributed by atoms with van der Waals surface area (Å²) in [7, 11) is 0. The van der Waals surface area contributed by atoms with Gasteiger partial charge in [-0.3, -0.25) is 0 Å². The van der Waals surface area contributed by atoms with Crippen LogP contribution in [-0.4, -0.2) is 45.8 Å². The van der Waals surface area contributed by atoms with Crippen LogP contribution in [0.15, 0.2) is 0 Å². The normalized spacial score (nSPS) is 34.2. The molecule has 0 N–H and O–H groups in total. The summed E-state index contributed by atoms with van der Waals surface area (Å²) in [4.78, 5) is 0. The van der Waals surface area contributed by atoms with Crippen LogP contribution in [0.1, 0.15) is 6.42 Å². The molecule has 2 rings (SSSR count). The molecule has 2 atom stereocenters. The van der Waals surface area contributed by atoms with Gasteiger partial charge < -0.3 is 23.7 Å². The van der Waals surface area contributed by atoms with E-state index in [9.17, 15) is 0 Å². The van der Waals surface area contributed by atoms with Crippen molar-refractivity contribution >= 4 is 0 Å². The van der Waals surface area contributed by atoms with Gasteiger partial charge in [0.2, 0.25) is 0 Å². The Morgan fingerprint density at radius 1 is 1.08 bits per heavy atom. The van der Waals surface area contributed by atoms with Crippen molar-refractivity contribution in [3.63, 3.8) is 0 Å². The minimum atomic E-state index is -0.192. The zero-order valence-corrected chi connectivity index (χ0v) is 7.44. The lowest BCUT2D eigenvalue weighted by molar-refractivity contribution is -0.111. The van der Waals surface area contributed by atoms with E-state index in [-0.39, 0.29) is 12.4 Å². The number of ether oxygens (including phenoxy) is 5. The average Bonchev–Trinajstić information content (AvgIpc) is 2.75. The zero-order valence-electron chi connectivity index (χ0n) is 7.44. The fourth-order valence-corrected chi connectivity index (χ4v) is 1.28. The van der Waals surface area contributed by atoms with E-state index in [1.54, 1.807) is 0 Å². The molecule has 2 saturated heterocycles. The molecule has 0 aromatic rings. The minimum absolute atomic E-state index is 0.183. The Bertz CT molecular complexity index is 123. The third-order valence-corrected chi connectivity index (χ3v) is 2.03. The molecule has 0 radical (unpaired) electrons. The van der Waals surface area contributed by atoms with E-state index in [1.165, 1.54) is 0 Å². The van der Waals surface area contributed by atoms with Crippen molar-refractivity contribution in [2.45, 2.75) is 18.8 Å². The van der Waals surface area contributed by atoms with Gasteiger partial charge >= 0.3 is 0 Å². The van der Waals surface area contributed by atoms with E-state index < -0.39 is 0 Å². The topological polar surface area (TPSA) is 46.2 Å². The SMILES string of the molecule is C1OCC(CCOC2COCO2)O1. The maximum Gasteiger partial charge on any atom is 0.183 e. The Morgan fingerprint density at radius 3 is 2.62 bits per heavy atom. The Kier molecular flexibility index (Phi) is 3.51. The van der Waals surface area contributed by atoms with E-state index in [1.807, 2.05) is 0 Å². The van der Waals surface area contributed by atoms with E-state index >= 15 is 0 Å². The van der Waals surface area contributed by atoms with Crippen molar-refractivity contribution in [1.29, 1.82) is 0 Å². The second-order valence-electron chi connectivity index (χ2n) is 3.02. The summed E-state index contributed by atoms with van der Waals surface area (Å²) in [6.45, 7) is 2.58. The first-order valence-corrected chi connectivity index (χ1v) is 4.45. The quantitative estimate of drug-likeness (QED) is 0.629. The molecule has 2 aliphatic heterocycles. The van der Waals surface area contributed by atoms with Crippen molar-refractivity contribution in [2.75, 3.05) is 33.4 Å². The molecule has 0 bridgehead atoms. The largest absolute Gasteiger partial charge is 0.353 e. The maximum atomic E-state index is 5.38. The van der Waals surface area contributed by atoms with E-state index in [0.717, 1.165) is 6.42 Å². The standard InChI is InChI=1S/C8H14O5/c1(7-3-9-5-12-7)2-11-8-4-10-6-13-8/h7-8H,1-6H2. The lowest BCUT2D eigenvalue weighted by atomic mass is 10.3. The van der Waals surface area contributed by atoms with Crippen LogP contribution in [0.25, 0.3) is 0 Å². The second kappa shape index (κ2) is 4.88. The summed E-state index contributed by atoms with van der Waals surface area (Å²) in [6.07, 6.45) is 0.837. The molecule has 2 unspecified atom stereocenters. The summed E-state index contributed by atoms with van der Waals surface area (Å²) in [5.74, 6) is 0. The Hall–Kier alpha value is -0.200. The molecule has 0 spiro atoms. The van der Waals surface area contributed by atoms with Crippen LogP contribution < -0.4 is 0 Å². The predicted octanol–water partition coefficient (Wildman–Crippen LogP) is 0.0964. The van der Waals surface area contributed by atoms with Gasteiger partial charge in [0, 0.05) is 0 Å². The number of rotatable bonds is 4. The van der Waals surface area contributed by atoms with E-state index in [4.69, 9.17) is 23.7 Å². The van der Waals surface area contributed by atoms with Gasteiger partial charge in [-0.2, -0.15) is 0 Å². The molecule has 13 heavy (non-hydrogen) atoms. The highest BCUT2D eigenvalue weighted by Gasteiger charge is 2.19. The van der Waals surface area contributed by atoms with Crippen LogP contribution in [0.5, 0.6) is 0 Å². The number of hydrogen-bond donors (Lipinski definition) is 0. The highest BCUT2D eigenvalue weighted by Crippen LogP contribution is 2.09. The fourth-order valence-electron chi connectivity index (χ4n) is 1.28. The van der Waals surface area contributed by atoms with Gasteiger partial charge in [-0.25, -0.2) is 0 Å². The van der Waals surface area contributed by atoms with Gasteiger partial charge in [0.05, 0.1) is 19.3 Å². The lowest BCUT2D eigenvalue weighted by Crippen LogP contribution is -2.19. The van der Waals surface area contributed by atoms with Crippen LogP contribution in [0.4, 0.5) is 0 Å². The Morgan fingerprint density at radius 2 is 1.92 bits per heavy atom. The van der Waals surface area contributed by atoms with Gasteiger partial charge in [0.1, 0.15) is 20.2 Å². The first-order valence-electron chi connectivity index (χ1n) is 4.45. The van der Waals surface area contributed by atoms with Crippen LogP contribution in [-0.2, 0) is 23.7 Å². The summed E-state index contributed by atoms with van der Waals surface area (Å²) < 4.78 is 25.7. The van der Waals surface area contributed by atoms with Crippen molar-refractivity contribution in [2.24, 2.45) is 0 Å².